The number of rotatable bonds is 2. The van der Waals surface area contributed by atoms with Gasteiger partial charge in [-0.05, 0) is 6.07 Å². The zero-order chi connectivity index (χ0) is 9.14. The monoisotopic (exact) mass is 208 g/mol. The second-order valence-electron chi connectivity index (χ2n) is 2.24. The lowest BCUT2D eigenvalue weighted by molar-refractivity contribution is 0.352. The van der Waals surface area contributed by atoms with Crippen molar-refractivity contribution in [2.75, 3.05) is 6.54 Å². The van der Waals surface area contributed by atoms with Gasteiger partial charge in [0, 0.05) is 18.3 Å². The van der Waals surface area contributed by atoms with Crippen LogP contribution in [0.1, 0.15) is 11.7 Å². The molecule has 1 unspecified atom stereocenters. The molecule has 2 nitrogen and oxygen atoms in total. The number of alkyl halides is 1. The lowest BCUT2D eigenvalue weighted by Gasteiger charge is -2.05. The van der Waals surface area contributed by atoms with Gasteiger partial charge in [-0.25, -0.2) is 9.37 Å². The van der Waals surface area contributed by atoms with E-state index in [9.17, 15) is 4.39 Å². The number of hydrogen-bond acceptors (Lipinski definition) is 2. The van der Waals surface area contributed by atoms with Crippen LogP contribution in [-0.2, 0) is 0 Å². The second kappa shape index (κ2) is 4.03. The van der Waals surface area contributed by atoms with Gasteiger partial charge in [0.15, 0.2) is 0 Å². The highest BCUT2D eigenvalue weighted by atomic mass is 35.5. The number of hydrogen-bond donors (Lipinski definition) is 1. The molecule has 1 aromatic rings. The summed E-state index contributed by atoms with van der Waals surface area (Å²) in [6, 6.07) is 1.43. The minimum absolute atomic E-state index is 0.0837. The van der Waals surface area contributed by atoms with Crippen molar-refractivity contribution in [3.63, 3.8) is 0 Å². The van der Waals surface area contributed by atoms with Crippen molar-refractivity contribution in [1.82, 2.24) is 4.98 Å². The lowest BCUT2D eigenvalue weighted by atomic mass is 10.2. The molecule has 0 bridgehead atoms. The van der Waals surface area contributed by atoms with Crippen LogP contribution in [0.3, 0.4) is 0 Å². The van der Waals surface area contributed by atoms with Crippen LogP contribution in [0.5, 0.6) is 0 Å². The van der Waals surface area contributed by atoms with Crippen LogP contribution in [0.2, 0.25) is 10.2 Å². The van der Waals surface area contributed by atoms with Gasteiger partial charge < -0.3 is 5.73 Å². The summed E-state index contributed by atoms with van der Waals surface area (Å²) in [7, 11) is 0. The second-order valence-corrected chi connectivity index (χ2v) is 3.01. The fraction of sp³-hybridized carbons (Fsp3) is 0.286. The minimum Gasteiger partial charge on any atom is -0.327 e. The van der Waals surface area contributed by atoms with E-state index in [1.165, 1.54) is 12.3 Å². The summed E-state index contributed by atoms with van der Waals surface area (Å²) >= 11 is 11.1. The number of aromatic nitrogens is 1. The molecule has 0 aliphatic rings. The molecule has 0 saturated heterocycles. The average molecular weight is 209 g/mol. The maximum Gasteiger partial charge on any atom is 0.147 e. The van der Waals surface area contributed by atoms with Gasteiger partial charge in [-0.1, -0.05) is 23.2 Å². The smallest absolute Gasteiger partial charge is 0.147 e. The van der Waals surface area contributed by atoms with Gasteiger partial charge >= 0.3 is 0 Å². The first kappa shape index (κ1) is 9.71. The zero-order valence-electron chi connectivity index (χ0n) is 6.10. The Balaban J connectivity index is 2.96. The van der Waals surface area contributed by atoms with Gasteiger partial charge in [0.1, 0.15) is 11.3 Å². The van der Waals surface area contributed by atoms with Crippen molar-refractivity contribution in [3.8, 4) is 0 Å². The van der Waals surface area contributed by atoms with Crippen molar-refractivity contribution < 1.29 is 4.39 Å². The van der Waals surface area contributed by atoms with E-state index in [1.807, 2.05) is 0 Å². The molecular formula is C7H7Cl2FN2. The standard InChI is InChI=1S/C7H7Cl2FN2/c8-5-1-4(6(10)2-11)3-12-7(5)9/h1,3,6H,2,11H2. The molecule has 1 aromatic heterocycles. The molecule has 12 heavy (non-hydrogen) atoms. The molecule has 1 atom stereocenters. The Kier molecular flexibility index (Phi) is 3.26. The largest absolute Gasteiger partial charge is 0.327 e. The maximum absolute atomic E-state index is 12.9. The number of halogens is 3. The predicted octanol–water partition coefficient (Wildman–Crippen LogP) is 2.36. The van der Waals surface area contributed by atoms with E-state index in [1.54, 1.807) is 0 Å². The first-order valence-corrected chi connectivity index (χ1v) is 4.06. The fourth-order valence-corrected chi connectivity index (χ4v) is 1.02. The Bertz CT molecular complexity index is 280. The molecule has 0 aromatic carbocycles. The van der Waals surface area contributed by atoms with Crippen LogP contribution < -0.4 is 5.73 Å². The Morgan fingerprint density at radius 3 is 2.75 bits per heavy atom. The third kappa shape index (κ3) is 2.06. The van der Waals surface area contributed by atoms with E-state index >= 15 is 0 Å². The van der Waals surface area contributed by atoms with Crippen LogP contribution in [0, 0.1) is 0 Å². The molecule has 1 rings (SSSR count). The van der Waals surface area contributed by atoms with Gasteiger partial charge in [-0.3, -0.25) is 0 Å². The molecule has 0 saturated carbocycles. The molecular weight excluding hydrogens is 202 g/mol. The summed E-state index contributed by atoms with van der Waals surface area (Å²) in [6.07, 6.45) is 0.0958. The molecule has 1 heterocycles. The fourth-order valence-electron chi connectivity index (χ4n) is 0.743. The van der Waals surface area contributed by atoms with Gasteiger partial charge in [0.25, 0.3) is 0 Å². The van der Waals surface area contributed by atoms with Gasteiger partial charge in [-0.15, -0.1) is 0 Å². The average Bonchev–Trinajstić information content (AvgIpc) is 2.08. The van der Waals surface area contributed by atoms with E-state index < -0.39 is 6.17 Å². The van der Waals surface area contributed by atoms with E-state index in [4.69, 9.17) is 28.9 Å². The molecule has 0 radical (unpaired) electrons. The zero-order valence-corrected chi connectivity index (χ0v) is 7.61. The molecule has 2 N–H and O–H groups in total. The Morgan fingerprint density at radius 2 is 2.25 bits per heavy atom. The quantitative estimate of drug-likeness (QED) is 0.759. The molecule has 0 aliphatic carbocycles. The number of nitrogens with two attached hydrogens (primary N) is 1. The van der Waals surface area contributed by atoms with Crippen LogP contribution in [0.25, 0.3) is 0 Å². The van der Waals surface area contributed by atoms with Crippen LogP contribution in [0.15, 0.2) is 12.3 Å². The van der Waals surface area contributed by atoms with Crippen LogP contribution in [0.4, 0.5) is 4.39 Å². The summed E-state index contributed by atoms with van der Waals surface area (Å²) in [6.45, 7) is -0.0837. The van der Waals surface area contributed by atoms with E-state index in [-0.39, 0.29) is 16.7 Å². The van der Waals surface area contributed by atoms with Gasteiger partial charge in [-0.2, -0.15) is 0 Å². The first-order valence-electron chi connectivity index (χ1n) is 3.30. The highest BCUT2D eigenvalue weighted by molar-refractivity contribution is 6.41. The molecule has 66 valence electrons. The van der Waals surface area contributed by atoms with Gasteiger partial charge in [0.2, 0.25) is 0 Å². The van der Waals surface area contributed by atoms with E-state index in [0.717, 1.165) is 0 Å². The van der Waals surface area contributed by atoms with Crippen molar-refractivity contribution in [2.24, 2.45) is 5.73 Å². The Morgan fingerprint density at radius 1 is 1.58 bits per heavy atom. The minimum atomic E-state index is -1.23. The van der Waals surface area contributed by atoms with Crippen molar-refractivity contribution in [3.05, 3.63) is 28.0 Å². The summed E-state index contributed by atoms with van der Waals surface area (Å²) in [4.78, 5) is 3.69. The molecule has 5 heteroatoms. The highest BCUT2D eigenvalue weighted by Gasteiger charge is 2.09. The number of nitrogens with zero attached hydrogens (tertiary/aromatic N) is 1. The summed E-state index contributed by atoms with van der Waals surface area (Å²) in [5.41, 5.74) is 5.47. The third-order valence-corrected chi connectivity index (χ3v) is 2.07. The van der Waals surface area contributed by atoms with E-state index in [2.05, 4.69) is 4.98 Å². The molecule has 0 aliphatic heterocycles. The summed E-state index contributed by atoms with van der Waals surface area (Å²) < 4.78 is 12.9. The SMILES string of the molecule is NCC(F)c1cnc(Cl)c(Cl)c1. The summed E-state index contributed by atoms with van der Waals surface area (Å²) in [5.74, 6) is 0. The molecule has 0 fully saturated rings. The summed E-state index contributed by atoms with van der Waals surface area (Å²) in [5, 5.41) is 0.412. The van der Waals surface area contributed by atoms with Crippen molar-refractivity contribution >= 4 is 23.2 Å². The topological polar surface area (TPSA) is 38.9 Å². The normalized spacial score (nSPS) is 13.0. The Hall–Kier alpha value is -0.380. The van der Waals surface area contributed by atoms with Crippen molar-refractivity contribution in [1.29, 1.82) is 0 Å². The van der Waals surface area contributed by atoms with E-state index in [0.29, 0.717) is 5.56 Å². The molecule has 0 spiro atoms. The molecule has 0 amide bonds. The maximum atomic E-state index is 12.9. The van der Waals surface area contributed by atoms with Crippen LogP contribution >= 0.6 is 23.2 Å². The predicted molar refractivity (Wildman–Crippen MR) is 47.2 cm³/mol. The van der Waals surface area contributed by atoms with Crippen LogP contribution in [-0.4, -0.2) is 11.5 Å². The Labute approximate surface area is 79.5 Å². The van der Waals surface area contributed by atoms with Crippen molar-refractivity contribution in [2.45, 2.75) is 6.17 Å². The third-order valence-electron chi connectivity index (χ3n) is 1.39. The lowest BCUT2D eigenvalue weighted by Crippen LogP contribution is -2.07. The van der Waals surface area contributed by atoms with Gasteiger partial charge in [0.05, 0.1) is 5.02 Å². The first-order chi connectivity index (χ1) is 5.65. The highest BCUT2D eigenvalue weighted by Crippen LogP contribution is 2.24. The number of pyridine rings is 1.